The number of nitrogens with zero attached hydrogens (tertiary/aromatic N) is 2. The van der Waals surface area contributed by atoms with Crippen molar-refractivity contribution in [2.75, 3.05) is 26.2 Å². The molecule has 0 N–H and O–H groups in total. The second-order valence-corrected chi connectivity index (χ2v) is 6.27. The highest BCUT2D eigenvalue weighted by Gasteiger charge is 2.33. The lowest BCUT2D eigenvalue weighted by Gasteiger charge is -2.35. The summed E-state index contributed by atoms with van der Waals surface area (Å²) < 4.78 is 4.97. The predicted octanol–water partition coefficient (Wildman–Crippen LogP) is 3.05. The Balaban J connectivity index is 1.62. The van der Waals surface area contributed by atoms with E-state index in [1.807, 2.05) is 0 Å². The minimum absolute atomic E-state index is 0.0546. The maximum absolute atomic E-state index is 12.5. The van der Waals surface area contributed by atoms with Gasteiger partial charge in [0, 0.05) is 24.7 Å². The highest BCUT2D eigenvalue weighted by molar-refractivity contribution is 6.42. The summed E-state index contributed by atoms with van der Waals surface area (Å²) in [5, 5.41) is 0.812. The van der Waals surface area contributed by atoms with Gasteiger partial charge in [-0.15, -0.1) is 0 Å². The van der Waals surface area contributed by atoms with Crippen LogP contribution >= 0.6 is 23.2 Å². The number of carbonyl (C=O) groups excluding carboxylic acids is 2. The van der Waals surface area contributed by atoms with Crippen LogP contribution in [0.4, 0.5) is 4.79 Å². The van der Waals surface area contributed by atoms with Gasteiger partial charge >= 0.3 is 6.09 Å². The third-order valence-electron chi connectivity index (χ3n) is 4.15. The van der Waals surface area contributed by atoms with Crippen LogP contribution in [0.5, 0.6) is 0 Å². The number of piperidine rings is 1. The number of ether oxygens (including phenoxy) is 1. The first-order valence-electron chi connectivity index (χ1n) is 7.24. The van der Waals surface area contributed by atoms with Crippen LogP contribution in [0.25, 0.3) is 0 Å². The summed E-state index contributed by atoms with van der Waals surface area (Å²) in [5.74, 6) is -0.0546. The van der Waals surface area contributed by atoms with E-state index in [0.717, 1.165) is 12.8 Å². The lowest BCUT2D eigenvalue weighted by atomic mass is 10.0. The second-order valence-electron chi connectivity index (χ2n) is 5.46. The monoisotopic (exact) mass is 342 g/mol. The summed E-state index contributed by atoms with van der Waals surface area (Å²) in [4.78, 5) is 27.6. The summed E-state index contributed by atoms with van der Waals surface area (Å²) in [6.07, 6.45) is 1.29. The Bertz CT molecular complexity index is 600. The first-order chi connectivity index (χ1) is 10.6. The molecule has 2 saturated heterocycles. The van der Waals surface area contributed by atoms with Crippen LogP contribution in [-0.2, 0) is 4.74 Å². The van der Waals surface area contributed by atoms with Crippen molar-refractivity contribution in [3.8, 4) is 0 Å². The van der Waals surface area contributed by atoms with Crippen LogP contribution in [-0.4, -0.2) is 54.1 Å². The van der Waals surface area contributed by atoms with E-state index in [-0.39, 0.29) is 18.0 Å². The zero-order chi connectivity index (χ0) is 15.7. The molecule has 1 aromatic carbocycles. The molecule has 0 atom stereocenters. The lowest BCUT2D eigenvalue weighted by Crippen LogP contribution is -2.47. The SMILES string of the molecule is O=C(c1ccc(Cl)c(Cl)c1)N1CCC(N2CCOC2=O)CC1. The van der Waals surface area contributed by atoms with Gasteiger partial charge in [0.15, 0.2) is 0 Å². The van der Waals surface area contributed by atoms with E-state index in [1.54, 1.807) is 28.0 Å². The van der Waals surface area contributed by atoms with Gasteiger partial charge in [0.25, 0.3) is 5.91 Å². The molecule has 118 valence electrons. The summed E-state index contributed by atoms with van der Waals surface area (Å²) in [6, 6.07) is 5.06. The van der Waals surface area contributed by atoms with Gasteiger partial charge in [-0.2, -0.15) is 0 Å². The first kappa shape index (κ1) is 15.4. The fourth-order valence-corrected chi connectivity index (χ4v) is 3.23. The topological polar surface area (TPSA) is 49.9 Å². The molecule has 0 aliphatic carbocycles. The van der Waals surface area contributed by atoms with E-state index in [0.29, 0.717) is 41.8 Å². The Labute approximate surface area is 138 Å². The van der Waals surface area contributed by atoms with Gasteiger partial charge in [-0.25, -0.2) is 4.79 Å². The standard InChI is InChI=1S/C15H16Cl2N2O3/c16-12-2-1-10(9-13(12)17)14(20)18-5-3-11(4-6-18)19-7-8-22-15(19)21/h1-2,9,11H,3-8H2. The number of hydrogen-bond donors (Lipinski definition) is 0. The number of benzene rings is 1. The van der Waals surface area contributed by atoms with Crippen molar-refractivity contribution in [1.29, 1.82) is 0 Å². The van der Waals surface area contributed by atoms with E-state index < -0.39 is 0 Å². The maximum atomic E-state index is 12.5. The average molecular weight is 343 g/mol. The predicted molar refractivity (Wildman–Crippen MR) is 83.4 cm³/mol. The minimum atomic E-state index is -0.241. The van der Waals surface area contributed by atoms with Crippen LogP contribution < -0.4 is 0 Å². The fraction of sp³-hybridized carbons (Fsp3) is 0.467. The molecule has 0 aromatic heterocycles. The van der Waals surface area contributed by atoms with Crippen molar-refractivity contribution < 1.29 is 14.3 Å². The number of hydrogen-bond acceptors (Lipinski definition) is 3. The molecule has 0 saturated carbocycles. The van der Waals surface area contributed by atoms with Crippen LogP contribution in [0.2, 0.25) is 10.0 Å². The third-order valence-corrected chi connectivity index (χ3v) is 4.89. The summed E-state index contributed by atoms with van der Waals surface area (Å²) in [5.41, 5.74) is 0.536. The molecule has 2 amide bonds. The number of halogens is 2. The molecule has 2 aliphatic rings. The first-order valence-corrected chi connectivity index (χ1v) is 7.99. The number of cyclic esters (lactones) is 1. The highest BCUT2D eigenvalue weighted by atomic mass is 35.5. The van der Waals surface area contributed by atoms with Crippen molar-refractivity contribution in [3.63, 3.8) is 0 Å². The van der Waals surface area contributed by atoms with Gasteiger partial charge in [-0.3, -0.25) is 4.79 Å². The van der Waals surface area contributed by atoms with Crippen molar-refractivity contribution >= 4 is 35.2 Å². The smallest absolute Gasteiger partial charge is 0.410 e. The van der Waals surface area contributed by atoms with Crippen molar-refractivity contribution in [3.05, 3.63) is 33.8 Å². The molecule has 1 aromatic rings. The lowest BCUT2D eigenvalue weighted by molar-refractivity contribution is 0.0658. The van der Waals surface area contributed by atoms with E-state index >= 15 is 0 Å². The average Bonchev–Trinajstić information content (AvgIpc) is 2.95. The molecule has 5 nitrogen and oxygen atoms in total. The zero-order valence-electron chi connectivity index (χ0n) is 11.9. The number of amides is 2. The highest BCUT2D eigenvalue weighted by Crippen LogP contribution is 2.25. The van der Waals surface area contributed by atoms with Gasteiger partial charge in [0.2, 0.25) is 0 Å². The maximum Gasteiger partial charge on any atom is 0.410 e. The summed E-state index contributed by atoms with van der Waals surface area (Å²) in [6.45, 7) is 2.34. The minimum Gasteiger partial charge on any atom is -0.448 e. The molecular weight excluding hydrogens is 327 g/mol. The van der Waals surface area contributed by atoms with Crippen LogP contribution in [0.3, 0.4) is 0 Å². The molecule has 0 spiro atoms. The molecule has 7 heteroatoms. The van der Waals surface area contributed by atoms with Gasteiger partial charge in [0.05, 0.1) is 16.6 Å². The Hall–Kier alpha value is -1.46. The van der Waals surface area contributed by atoms with Crippen molar-refractivity contribution in [1.82, 2.24) is 9.80 Å². The Morgan fingerprint density at radius 3 is 2.45 bits per heavy atom. The molecule has 0 unspecified atom stereocenters. The normalized spacial score (nSPS) is 19.5. The Morgan fingerprint density at radius 2 is 1.86 bits per heavy atom. The van der Waals surface area contributed by atoms with Crippen LogP contribution in [0.15, 0.2) is 18.2 Å². The summed E-state index contributed by atoms with van der Waals surface area (Å²) in [7, 11) is 0. The summed E-state index contributed by atoms with van der Waals surface area (Å²) >= 11 is 11.8. The third kappa shape index (κ3) is 3.01. The van der Waals surface area contributed by atoms with Gasteiger partial charge in [-0.1, -0.05) is 23.2 Å². The van der Waals surface area contributed by atoms with Crippen molar-refractivity contribution in [2.45, 2.75) is 18.9 Å². The van der Waals surface area contributed by atoms with E-state index in [4.69, 9.17) is 27.9 Å². The van der Waals surface area contributed by atoms with Crippen molar-refractivity contribution in [2.24, 2.45) is 0 Å². The molecule has 3 rings (SSSR count). The second kappa shape index (κ2) is 6.34. The molecular formula is C15H16Cl2N2O3. The van der Waals surface area contributed by atoms with Crippen LogP contribution in [0.1, 0.15) is 23.2 Å². The number of carbonyl (C=O) groups is 2. The molecule has 0 radical (unpaired) electrons. The van der Waals surface area contributed by atoms with Gasteiger partial charge in [-0.05, 0) is 31.0 Å². The molecule has 2 heterocycles. The van der Waals surface area contributed by atoms with E-state index in [9.17, 15) is 9.59 Å². The van der Waals surface area contributed by atoms with E-state index in [1.165, 1.54) is 0 Å². The number of likely N-dealkylation sites (tertiary alicyclic amines) is 1. The molecule has 2 aliphatic heterocycles. The number of rotatable bonds is 2. The Kier molecular flexibility index (Phi) is 4.45. The molecule has 0 bridgehead atoms. The van der Waals surface area contributed by atoms with E-state index in [2.05, 4.69) is 0 Å². The Morgan fingerprint density at radius 1 is 1.14 bits per heavy atom. The van der Waals surface area contributed by atoms with Gasteiger partial charge < -0.3 is 14.5 Å². The fourth-order valence-electron chi connectivity index (χ4n) is 2.93. The van der Waals surface area contributed by atoms with Crippen LogP contribution in [0, 0.1) is 0 Å². The van der Waals surface area contributed by atoms with Gasteiger partial charge in [0.1, 0.15) is 6.61 Å². The molecule has 2 fully saturated rings. The largest absolute Gasteiger partial charge is 0.448 e. The molecule has 22 heavy (non-hydrogen) atoms. The quantitative estimate of drug-likeness (QED) is 0.829. The zero-order valence-corrected chi connectivity index (χ0v) is 13.4.